The Morgan fingerprint density at radius 2 is 1.14 bits per heavy atom. The van der Waals surface area contributed by atoms with Gasteiger partial charge in [-0.05, 0) is 41.0 Å². The summed E-state index contributed by atoms with van der Waals surface area (Å²) >= 11 is 0. The summed E-state index contributed by atoms with van der Waals surface area (Å²) in [5.41, 5.74) is 3.00. The van der Waals surface area contributed by atoms with Crippen molar-refractivity contribution in [2.24, 2.45) is 5.92 Å². The molecule has 1 fully saturated rings. The Morgan fingerprint density at radius 3 is 1.67 bits per heavy atom. The molecule has 4 aromatic carbocycles. The van der Waals surface area contributed by atoms with Crippen molar-refractivity contribution in [3.63, 3.8) is 0 Å². The first kappa shape index (κ1) is 29.5. The number of rotatable bonds is 14. The van der Waals surface area contributed by atoms with Crippen LogP contribution in [0.25, 0.3) is 0 Å². The first-order valence-corrected chi connectivity index (χ1v) is 14.1. The van der Waals surface area contributed by atoms with Crippen molar-refractivity contribution in [3.8, 4) is 11.5 Å². The number of methoxy groups -OCH3 is 1. The summed E-state index contributed by atoms with van der Waals surface area (Å²) in [6.45, 7) is 1.19. The molecule has 218 valence electrons. The molecule has 4 aromatic rings. The Bertz CT molecular complexity index is 1330. The second-order valence-corrected chi connectivity index (χ2v) is 10.1. The second kappa shape index (κ2) is 15.3. The van der Waals surface area contributed by atoms with Gasteiger partial charge in [0, 0.05) is 0 Å². The van der Waals surface area contributed by atoms with E-state index >= 15 is 0 Å². The maximum absolute atomic E-state index is 12.8. The fraction of sp³-hybridized carbons (Fsp3) is 0.286. The minimum absolute atomic E-state index is 0.201. The lowest BCUT2D eigenvalue weighted by molar-refractivity contribution is -0.281. The molecule has 0 aliphatic carbocycles. The van der Waals surface area contributed by atoms with Gasteiger partial charge in [-0.1, -0.05) is 91.0 Å². The number of carbonyl (C=O) groups is 1. The van der Waals surface area contributed by atoms with Crippen molar-refractivity contribution in [1.82, 2.24) is 0 Å². The highest BCUT2D eigenvalue weighted by molar-refractivity contribution is 5.56. The average molecular weight is 569 g/mol. The third kappa shape index (κ3) is 8.05. The van der Waals surface area contributed by atoms with Crippen LogP contribution >= 0.6 is 0 Å². The average Bonchev–Trinajstić information content (AvgIpc) is 3.05. The smallest absolute Gasteiger partial charge is 0.227 e. The maximum Gasteiger partial charge on any atom is 0.227 e. The quantitative estimate of drug-likeness (QED) is 0.173. The van der Waals surface area contributed by atoms with Crippen molar-refractivity contribution in [2.45, 2.75) is 44.4 Å². The van der Waals surface area contributed by atoms with Gasteiger partial charge < -0.3 is 33.2 Å². The van der Waals surface area contributed by atoms with Crippen molar-refractivity contribution < 1.29 is 33.2 Å². The zero-order valence-electron chi connectivity index (χ0n) is 23.6. The summed E-state index contributed by atoms with van der Waals surface area (Å²) in [5.74, 6) is 0.585. The normalized spacial score (nSPS) is 21.9. The molecule has 0 bridgehead atoms. The van der Waals surface area contributed by atoms with Crippen LogP contribution in [0.1, 0.15) is 16.7 Å². The van der Waals surface area contributed by atoms with Crippen LogP contribution < -0.4 is 9.47 Å². The molecule has 5 atom stereocenters. The van der Waals surface area contributed by atoms with Gasteiger partial charge >= 0.3 is 0 Å². The van der Waals surface area contributed by atoms with E-state index in [1.807, 2.05) is 91.0 Å². The first-order valence-electron chi connectivity index (χ1n) is 14.1. The Hall–Kier alpha value is -4.01. The van der Waals surface area contributed by atoms with Crippen molar-refractivity contribution in [2.75, 3.05) is 13.7 Å². The monoisotopic (exact) mass is 568 g/mol. The number of ether oxygens (including phenoxy) is 6. The number of aldehydes is 1. The van der Waals surface area contributed by atoms with Crippen LogP contribution in [0, 0.1) is 5.92 Å². The van der Waals surface area contributed by atoms with Crippen LogP contribution in [-0.2, 0) is 43.6 Å². The van der Waals surface area contributed by atoms with E-state index in [0.717, 1.165) is 23.0 Å². The second-order valence-electron chi connectivity index (χ2n) is 10.1. The molecule has 1 aliphatic heterocycles. The standard InChI is InChI=1S/C35H36O7/c1-37-29-17-19-30(20-18-29)41-35-34(40-24-28-15-9-4-10-16-28)31(21-36)33(39-23-27-13-7-3-8-14-27)32(42-35)25-38-22-26-11-5-2-6-12-26/h2-21,31-35H,22-25H2,1H3/t31-,32-,33-,34-,35-/m1/s1. The van der Waals surface area contributed by atoms with Crippen LogP contribution in [0.3, 0.4) is 0 Å². The molecule has 0 radical (unpaired) electrons. The first-order chi connectivity index (χ1) is 20.7. The molecule has 0 unspecified atom stereocenters. The number of hydrogen-bond acceptors (Lipinski definition) is 7. The minimum Gasteiger partial charge on any atom is -0.497 e. The van der Waals surface area contributed by atoms with Crippen LogP contribution in [0.5, 0.6) is 11.5 Å². The summed E-state index contributed by atoms with van der Waals surface area (Å²) < 4.78 is 37.0. The summed E-state index contributed by atoms with van der Waals surface area (Å²) in [4.78, 5) is 12.8. The Kier molecular flexibility index (Phi) is 10.7. The van der Waals surface area contributed by atoms with E-state index in [9.17, 15) is 4.79 Å². The third-order valence-corrected chi connectivity index (χ3v) is 7.14. The fourth-order valence-electron chi connectivity index (χ4n) is 4.92. The van der Waals surface area contributed by atoms with Gasteiger partial charge in [-0.15, -0.1) is 0 Å². The van der Waals surface area contributed by atoms with E-state index < -0.39 is 30.5 Å². The number of benzene rings is 4. The fourth-order valence-corrected chi connectivity index (χ4v) is 4.92. The lowest BCUT2D eigenvalue weighted by Gasteiger charge is -2.44. The largest absolute Gasteiger partial charge is 0.497 e. The van der Waals surface area contributed by atoms with Crippen LogP contribution in [0.2, 0.25) is 0 Å². The number of carbonyl (C=O) groups excluding carboxylic acids is 1. The molecule has 0 spiro atoms. The molecule has 1 heterocycles. The van der Waals surface area contributed by atoms with E-state index in [1.165, 1.54) is 0 Å². The van der Waals surface area contributed by atoms with Crippen molar-refractivity contribution in [1.29, 1.82) is 0 Å². The highest BCUT2D eigenvalue weighted by Crippen LogP contribution is 2.33. The van der Waals surface area contributed by atoms with Gasteiger partial charge in [0.2, 0.25) is 6.29 Å². The van der Waals surface area contributed by atoms with E-state index in [0.29, 0.717) is 24.7 Å². The van der Waals surface area contributed by atoms with Gasteiger partial charge in [-0.2, -0.15) is 0 Å². The van der Waals surface area contributed by atoms with Gasteiger partial charge in [0.15, 0.2) is 0 Å². The predicted octanol–water partition coefficient (Wildman–Crippen LogP) is 6.00. The molecule has 7 nitrogen and oxygen atoms in total. The Morgan fingerprint density at radius 1 is 0.643 bits per heavy atom. The van der Waals surface area contributed by atoms with Crippen LogP contribution in [0.15, 0.2) is 115 Å². The van der Waals surface area contributed by atoms with Crippen LogP contribution in [-0.4, -0.2) is 44.6 Å². The zero-order chi connectivity index (χ0) is 29.0. The molecule has 1 saturated heterocycles. The van der Waals surface area contributed by atoms with E-state index in [2.05, 4.69) is 0 Å². The van der Waals surface area contributed by atoms with E-state index in [-0.39, 0.29) is 13.2 Å². The molecule has 0 amide bonds. The van der Waals surface area contributed by atoms with Gasteiger partial charge in [0.1, 0.15) is 30.0 Å². The lowest BCUT2D eigenvalue weighted by atomic mass is 9.89. The topological polar surface area (TPSA) is 72.5 Å². The predicted molar refractivity (Wildman–Crippen MR) is 158 cm³/mol. The highest BCUT2D eigenvalue weighted by Gasteiger charge is 2.49. The molecule has 5 rings (SSSR count). The van der Waals surface area contributed by atoms with Gasteiger partial charge in [0.25, 0.3) is 0 Å². The molecular formula is C35H36O7. The SMILES string of the molecule is COc1ccc(O[C@@H]2O[C@H](COCc3ccccc3)[C@H](OCc3ccccc3)[C@@H](C=O)[C@H]2OCc2ccccc2)cc1. The summed E-state index contributed by atoms with van der Waals surface area (Å²) in [5, 5.41) is 0. The number of hydrogen-bond donors (Lipinski definition) is 0. The minimum atomic E-state index is -0.890. The summed E-state index contributed by atoms with van der Waals surface area (Å²) in [6.07, 6.45) is -1.96. The maximum atomic E-state index is 12.8. The molecular weight excluding hydrogens is 532 g/mol. The third-order valence-electron chi connectivity index (χ3n) is 7.14. The highest BCUT2D eigenvalue weighted by atomic mass is 16.7. The van der Waals surface area contributed by atoms with Crippen LogP contribution in [0.4, 0.5) is 0 Å². The Balaban J connectivity index is 1.39. The van der Waals surface area contributed by atoms with E-state index in [4.69, 9.17) is 28.4 Å². The molecule has 0 saturated carbocycles. The summed E-state index contributed by atoms with van der Waals surface area (Å²) in [6, 6.07) is 36.8. The Labute approximate surface area is 246 Å². The zero-order valence-corrected chi connectivity index (χ0v) is 23.6. The molecule has 0 aromatic heterocycles. The molecule has 7 heteroatoms. The summed E-state index contributed by atoms with van der Waals surface area (Å²) in [7, 11) is 1.61. The molecule has 42 heavy (non-hydrogen) atoms. The molecule has 1 aliphatic rings. The lowest BCUT2D eigenvalue weighted by Crippen LogP contribution is -2.59. The van der Waals surface area contributed by atoms with E-state index in [1.54, 1.807) is 31.4 Å². The van der Waals surface area contributed by atoms with Crippen molar-refractivity contribution in [3.05, 3.63) is 132 Å². The van der Waals surface area contributed by atoms with Gasteiger partial charge in [-0.25, -0.2) is 0 Å². The van der Waals surface area contributed by atoms with Gasteiger partial charge in [0.05, 0.1) is 45.6 Å². The van der Waals surface area contributed by atoms with Gasteiger partial charge in [-0.3, -0.25) is 0 Å². The molecule has 0 N–H and O–H groups in total. The van der Waals surface area contributed by atoms with Crippen molar-refractivity contribution >= 4 is 6.29 Å².